The number of hydrogen-bond acceptors (Lipinski definition) is 6. The number of rotatable bonds is 6. The average molecular weight is 382 g/mol. The van der Waals surface area contributed by atoms with Crippen LogP contribution < -0.4 is 0 Å². The number of hydrogen-bond donors (Lipinski definition) is 0. The number of thiophene rings is 1. The van der Waals surface area contributed by atoms with E-state index >= 15 is 0 Å². The van der Waals surface area contributed by atoms with Crippen LogP contribution in [0.25, 0.3) is 10.7 Å². The molecule has 1 fully saturated rings. The van der Waals surface area contributed by atoms with Crippen LogP contribution in [-0.2, 0) is 17.8 Å². The number of aryl methyl sites for hydroxylation is 1. The topological polar surface area (TPSA) is 62.5 Å². The molecule has 3 aromatic rings. The van der Waals surface area contributed by atoms with Crippen molar-refractivity contribution in [2.75, 3.05) is 26.2 Å². The molecule has 0 aliphatic carbocycles. The molecule has 1 saturated heterocycles. The second-order valence-corrected chi connectivity index (χ2v) is 7.58. The number of amides is 1. The first kappa shape index (κ1) is 17.9. The maximum absolute atomic E-state index is 12.5. The van der Waals surface area contributed by atoms with Gasteiger partial charge in [-0.3, -0.25) is 9.69 Å². The number of carbonyl (C=O) groups excluding carboxylic acids is 1. The van der Waals surface area contributed by atoms with Crippen molar-refractivity contribution >= 4 is 17.2 Å². The summed E-state index contributed by atoms with van der Waals surface area (Å²) in [6, 6.07) is 14.4. The smallest absolute Gasteiger partial charge is 0.227 e. The van der Waals surface area contributed by atoms with E-state index < -0.39 is 0 Å². The Hall–Kier alpha value is -2.51. The highest BCUT2D eigenvalue weighted by Gasteiger charge is 2.21. The van der Waals surface area contributed by atoms with Crippen LogP contribution in [0, 0.1) is 0 Å². The number of benzene rings is 1. The quantitative estimate of drug-likeness (QED) is 0.656. The van der Waals surface area contributed by atoms with Gasteiger partial charge in [0.25, 0.3) is 0 Å². The first-order valence-electron chi connectivity index (χ1n) is 9.18. The van der Waals surface area contributed by atoms with E-state index in [0.717, 1.165) is 37.6 Å². The Morgan fingerprint density at radius 1 is 1.07 bits per heavy atom. The molecule has 0 bridgehead atoms. The summed E-state index contributed by atoms with van der Waals surface area (Å²) in [5.74, 6) is 1.28. The van der Waals surface area contributed by atoms with Gasteiger partial charge in [0.1, 0.15) is 0 Å². The van der Waals surface area contributed by atoms with Crippen LogP contribution in [0.1, 0.15) is 17.9 Å². The largest absolute Gasteiger partial charge is 0.340 e. The Morgan fingerprint density at radius 2 is 1.89 bits per heavy atom. The van der Waals surface area contributed by atoms with Crippen molar-refractivity contribution in [3.63, 3.8) is 0 Å². The Morgan fingerprint density at radius 3 is 2.63 bits per heavy atom. The van der Waals surface area contributed by atoms with Crippen molar-refractivity contribution in [3.05, 3.63) is 59.3 Å². The fraction of sp³-hybridized carbons (Fsp3) is 0.350. The van der Waals surface area contributed by atoms with E-state index in [-0.39, 0.29) is 5.91 Å². The van der Waals surface area contributed by atoms with E-state index in [9.17, 15) is 4.79 Å². The van der Waals surface area contributed by atoms with Crippen molar-refractivity contribution in [1.29, 1.82) is 0 Å². The van der Waals surface area contributed by atoms with Gasteiger partial charge in [-0.25, -0.2) is 0 Å². The molecule has 0 spiro atoms. The third-order valence-corrected chi connectivity index (χ3v) is 5.60. The third-order valence-electron chi connectivity index (χ3n) is 4.74. The molecular weight excluding hydrogens is 360 g/mol. The summed E-state index contributed by atoms with van der Waals surface area (Å²) < 4.78 is 5.28. The zero-order valence-corrected chi connectivity index (χ0v) is 15.9. The molecule has 4 rings (SSSR count). The summed E-state index contributed by atoms with van der Waals surface area (Å²) in [7, 11) is 0. The van der Waals surface area contributed by atoms with Crippen molar-refractivity contribution in [2.24, 2.45) is 0 Å². The second kappa shape index (κ2) is 8.45. The molecule has 0 saturated carbocycles. The number of aromatic nitrogens is 2. The van der Waals surface area contributed by atoms with Gasteiger partial charge in [0.15, 0.2) is 0 Å². The molecule has 1 aliphatic heterocycles. The van der Waals surface area contributed by atoms with E-state index in [1.54, 1.807) is 11.3 Å². The second-order valence-electron chi connectivity index (χ2n) is 6.63. The lowest BCUT2D eigenvalue weighted by atomic mass is 10.2. The minimum absolute atomic E-state index is 0.158. The highest BCUT2D eigenvalue weighted by atomic mass is 32.1. The van der Waals surface area contributed by atoms with Crippen LogP contribution in [-0.4, -0.2) is 52.0 Å². The van der Waals surface area contributed by atoms with Gasteiger partial charge in [-0.05, 0) is 17.0 Å². The monoisotopic (exact) mass is 382 g/mol. The van der Waals surface area contributed by atoms with Crippen LogP contribution in [0.5, 0.6) is 0 Å². The molecule has 0 atom stereocenters. The first-order chi connectivity index (χ1) is 13.3. The van der Waals surface area contributed by atoms with Crippen LogP contribution in [0.2, 0.25) is 0 Å². The molecule has 0 unspecified atom stereocenters. The highest BCUT2D eigenvalue weighted by molar-refractivity contribution is 7.13. The average Bonchev–Trinajstić information content (AvgIpc) is 3.39. The molecule has 140 valence electrons. The van der Waals surface area contributed by atoms with Crippen LogP contribution >= 0.6 is 11.3 Å². The lowest BCUT2D eigenvalue weighted by molar-refractivity contribution is -0.133. The Kier molecular flexibility index (Phi) is 5.60. The van der Waals surface area contributed by atoms with Gasteiger partial charge < -0.3 is 9.42 Å². The summed E-state index contributed by atoms with van der Waals surface area (Å²) in [6.07, 6.45) is 0.895. The summed E-state index contributed by atoms with van der Waals surface area (Å²) in [6.45, 7) is 4.30. The standard InChI is InChI=1S/C20H22N4O2S/c25-19(9-8-18-21-20(22-26-18)17-7-4-14-27-17)24-12-10-23(11-13-24)15-16-5-2-1-3-6-16/h1-7,14H,8-13,15H2. The van der Waals surface area contributed by atoms with Gasteiger partial charge in [0.05, 0.1) is 4.88 Å². The number of piperazine rings is 1. The molecule has 27 heavy (non-hydrogen) atoms. The molecule has 1 aromatic carbocycles. The van der Waals surface area contributed by atoms with Crippen molar-refractivity contribution in [2.45, 2.75) is 19.4 Å². The zero-order valence-electron chi connectivity index (χ0n) is 15.1. The van der Waals surface area contributed by atoms with Crippen LogP contribution in [0.3, 0.4) is 0 Å². The maximum Gasteiger partial charge on any atom is 0.227 e. The van der Waals surface area contributed by atoms with Crippen molar-refractivity contribution in [1.82, 2.24) is 19.9 Å². The van der Waals surface area contributed by atoms with Crippen LogP contribution in [0.15, 0.2) is 52.4 Å². The SMILES string of the molecule is O=C(CCc1nc(-c2cccs2)no1)N1CCN(Cc2ccccc2)CC1. The lowest BCUT2D eigenvalue weighted by Gasteiger charge is -2.34. The van der Waals surface area contributed by atoms with Gasteiger partial charge in [-0.1, -0.05) is 41.6 Å². The zero-order chi connectivity index (χ0) is 18.5. The predicted molar refractivity (Wildman–Crippen MR) is 104 cm³/mol. The molecule has 6 nitrogen and oxygen atoms in total. The predicted octanol–water partition coefficient (Wildman–Crippen LogP) is 3.08. The molecule has 7 heteroatoms. The van der Waals surface area contributed by atoms with E-state index in [1.165, 1.54) is 5.56 Å². The van der Waals surface area contributed by atoms with Crippen molar-refractivity contribution in [3.8, 4) is 10.7 Å². The maximum atomic E-state index is 12.5. The van der Waals surface area contributed by atoms with Crippen molar-refractivity contribution < 1.29 is 9.32 Å². The molecule has 1 amide bonds. The van der Waals surface area contributed by atoms with Gasteiger partial charge in [-0.15, -0.1) is 11.3 Å². The van der Waals surface area contributed by atoms with Gasteiger partial charge in [-0.2, -0.15) is 4.98 Å². The van der Waals surface area contributed by atoms with Gasteiger partial charge in [0.2, 0.25) is 17.6 Å². The summed E-state index contributed by atoms with van der Waals surface area (Å²) in [5.41, 5.74) is 1.32. The number of nitrogens with zero attached hydrogens (tertiary/aromatic N) is 4. The molecule has 0 N–H and O–H groups in total. The van der Waals surface area contributed by atoms with E-state index in [1.807, 2.05) is 28.5 Å². The minimum atomic E-state index is 0.158. The highest BCUT2D eigenvalue weighted by Crippen LogP contribution is 2.21. The van der Waals surface area contributed by atoms with Gasteiger partial charge in [0, 0.05) is 45.6 Å². The fourth-order valence-electron chi connectivity index (χ4n) is 3.23. The summed E-state index contributed by atoms with van der Waals surface area (Å²) in [5, 5.41) is 5.97. The van der Waals surface area contributed by atoms with Crippen LogP contribution in [0.4, 0.5) is 0 Å². The minimum Gasteiger partial charge on any atom is -0.340 e. The normalized spacial score (nSPS) is 15.2. The van der Waals surface area contributed by atoms with Gasteiger partial charge >= 0.3 is 0 Å². The van der Waals surface area contributed by atoms with E-state index in [0.29, 0.717) is 24.6 Å². The Bertz CT molecular complexity index is 855. The molecule has 2 aromatic heterocycles. The number of carbonyl (C=O) groups is 1. The third kappa shape index (κ3) is 4.61. The first-order valence-corrected chi connectivity index (χ1v) is 10.1. The Labute approximate surface area is 162 Å². The summed E-state index contributed by atoms with van der Waals surface area (Å²) >= 11 is 1.57. The lowest BCUT2D eigenvalue weighted by Crippen LogP contribution is -2.48. The van der Waals surface area contributed by atoms with E-state index in [2.05, 4.69) is 39.3 Å². The molecule has 3 heterocycles. The van der Waals surface area contributed by atoms with E-state index in [4.69, 9.17) is 4.52 Å². The Balaban J connectivity index is 1.23. The molecule has 1 aliphatic rings. The molecule has 0 radical (unpaired) electrons. The molecular formula is C20H22N4O2S. The summed E-state index contributed by atoms with van der Waals surface area (Å²) in [4.78, 5) is 22.2. The fourth-order valence-corrected chi connectivity index (χ4v) is 3.88.